The van der Waals surface area contributed by atoms with Gasteiger partial charge in [-0.1, -0.05) is 121 Å². The molecule has 2 aromatic heterocycles. The molecule has 3 heterocycles. The summed E-state index contributed by atoms with van der Waals surface area (Å²) in [5.74, 6) is 1.86. The molecule has 0 N–H and O–H groups in total. The summed E-state index contributed by atoms with van der Waals surface area (Å²) in [5, 5.41) is 2.27. The molecule has 10 rings (SSSR count). The van der Waals surface area contributed by atoms with Crippen molar-refractivity contribution in [2.75, 3.05) is 0 Å². The average molecular weight is 616 g/mol. The summed E-state index contributed by atoms with van der Waals surface area (Å²) >= 11 is 0. The van der Waals surface area contributed by atoms with Crippen molar-refractivity contribution in [1.29, 1.82) is 0 Å². The minimum Gasteiger partial charge on any atom is -0.483 e. The zero-order valence-electron chi connectivity index (χ0n) is 26.0. The summed E-state index contributed by atoms with van der Waals surface area (Å²) in [6.45, 7) is 0. The van der Waals surface area contributed by atoms with Crippen molar-refractivity contribution in [3.63, 3.8) is 0 Å². The normalized spacial score (nSPS) is 16.0. The van der Waals surface area contributed by atoms with E-state index in [1.165, 1.54) is 38.9 Å². The summed E-state index contributed by atoms with van der Waals surface area (Å²) < 4.78 is 9.04. The molecule has 2 unspecified atom stereocenters. The van der Waals surface area contributed by atoms with Crippen LogP contribution in [0.25, 0.3) is 67.3 Å². The molecule has 1 aliphatic heterocycles. The molecule has 4 nitrogen and oxygen atoms in total. The van der Waals surface area contributed by atoms with Crippen LogP contribution in [0.15, 0.2) is 158 Å². The fraction of sp³-hybridized carbons (Fsp3) is 0.0455. The highest BCUT2D eigenvalue weighted by Crippen LogP contribution is 2.52. The number of rotatable bonds is 4. The van der Waals surface area contributed by atoms with Gasteiger partial charge in [0.15, 0.2) is 5.82 Å². The molecule has 48 heavy (non-hydrogen) atoms. The van der Waals surface area contributed by atoms with Crippen LogP contribution in [0, 0.1) is 0 Å². The maximum Gasteiger partial charge on any atom is 0.160 e. The number of fused-ring (bicyclic) bond motifs is 8. The lowest BCUT2D eigenvalue weighted by molar-refractivity contribution is 0.216. The van der Waals surface area contributed by atoms with E-state index in [0.717, 1.165) is 39.2 Å². The molecule has 8 aromatic rings. The molecular weight excluding hydrogens is 587 g/mol. The number of ether oxygens (including phenoxy) is 1. The third-order valence-corrected chi connectivity index (χ3v) is 9.80. The molecule has 6 aromatic carbocycles. The number of para-hydroxylation sites is 3. The van der Waals surface area contributed by atoms with E-state index in [-0.39, 0.29) is 12.0 Å². The molecule has 2 aliphatic rings. The Bertz CT molecular complexity index is 2530. The third kappa shape index (κ3) is 4.16. The van der Waals surface area contributed by atoms with Gasteiger partial charge in [-0.25, -0.2) is 9.97 Å². The lowest BCUT2D eigenvalue weighted by atomic mass is 9.87. The second-order valence-electron chi connectivity index (χ2n) is 12.5. The minimum atomic E-state index is -0.0888. The van der Waals surface area contributed by atoms with E-state index in [1.54, 1.807) is 0 Å². The maximum absolute atomic E-state index is 6.66. The van der Waals surface area contributed by atoms with Crippen molar-refractivity contribution in [2.45, 2.75) is 12.0 Å². The van der Waals surface area contributed by atoms with Gasteiger partial charge in [0, 0.05) is 44.6 Å². The average Bonchev–Trinajstić information content (AvgIpc) is 3.71. The highest BCUT2D eigenvalue weighted by Gasteiger charge is 2.40. The molecule has 2 atom stereocenters. The lowest BCUT2D eigenvalue weighted by Crippen LogP contribution is -2.16. The van der Waals surface area contributed by atoms with Gasteiger partial charge in [0.05, 0.1) is 22.4 Å². The molecular formula is C44H29N3O. The van der Waals surface area contributed by atoms with Gasteiger partial charge in [-0.15, -0.1) is 0 Å². The fourth-order valence-corrected chi connectivity index (χ4v) is 7.52. The van der Waals surface area contributed by atoms with E-state index in [0.29, 0.717) is 5.82 Å². The Hall–Kier alpha value is -6.26. The second-order valence-corrected chi connectivity index (χ2v) is 12.5. The molecule has 0 radical (unpaired) electrons. The SMILES string of the molecule is C1=CC2c3ccccc3OC2c2c1c1ccccc1n2-c1ccc(-c2nc(-c3ccc(-c4ccccc4)cc3)c3ccccc3n2)cc1. The van der Waals surface area contributed by atoms with Crippen LogP contribution in [0.1, 0.15) is 28.8 Å². The van der Waals surface area contributed by atoms with Crippen molar-refractivity contribution >= 4 is 27.9 Å². The summed E-state index contributed by atoms with van der Waals surface area (Å²) in [7, 11) is 0. The van der Waals surface area contributed by atoms with Crippen molar-refractivity contribution in [3.8, 4) is 45.2 Å². The number of hydrogen-bond donors (Lipinski definition) is 0. The molecule has 0 bridgehead atoms. The largest absolute Gasteiger partial charge is 0.483 e. The van der Waals surface area contributed by atoms with Crippen molar-refractivity contribution in [1.82, 2.24) is 14.5 Å². The van der Waals surface area contributed by atoms with Crippen LogP contribution in [-0.2, 0) is 0 Å². The van der Waals surface area contributed by atoms with E-state index < -0.39 is 0 Å². The van der Waals surface area contributed by atoms with Crippen LogP contribution in [0.4, 0.5) is 0 Å². The Morgan fingerprint density at radius 2 is 1.21 bits per heavy atom. The smallest absolute Gasteiger partial charge is 0.160 e. The van der Waals surface area contributed by atoms with Gasteiger partial charge in [0.25, 0.3) is 0 Å². The standard InChI is InChI=1S/C44H29N3O/c1-2-10-28(11-3-1)29-18-20-30(21-19-29)41-37-14-4-7-15-38(37)45-44(46-41)31-22-24-32(25-23-31)47-39-16-8-5-12-33(39)35-26-27-36-34-13-6-9-17-40(34)48-43(36)42(35)47/h1-27,36,43H. The molecule has 226 valence electrons. The van der Waals surface area contributed by atoms with Crippen LogP contribution < -0.4 is 4.74 Å². The Morgan fingerprint density at radius 3 is 2.06 bits per heavy atom. The van der Waals surface area contributed by atoms with Gasteiger partial charge in [-0.05, 0) is 53.6 Å². The van der Waals surface area contributed by atoms with E-state index >= 15 is 0 Å². The number of aromatic nitrogens is 3. The topological polar surface area (TPSA) is 39.9 Å². The van der Waals surface area contributed by atoms with E-state index in [4.69, 9.17) is 14.7 Å². The first-order valence-electron chi connectivity index (χ1n) is 16.4. The Kier molecular flexibility index (Phi) is 5.97. The first kappa shape index (κ1) is 26.9. The van der Waals surface area contributed by atoms with Crippen LogP contribution >= 0.6 is 0 Å². The van der Waals surface area contributed by atoms with Crippen molar-refractivity contribution in [2.24, 2.45) is 0 Å². The minimum absolute atomic E-state index is 0.0888. The predicted molar refractivity (Wildman–Crippen MR) is 194 cm³/mol. The summed E-state index contributed by atoms with van der Waals surface area (Å²) in [5.41, 5.74) is 12.2. The third-order valence-electron chi connectivity index (χ3n) is 9.80. The van der Waals surface area contributed by atoms with Gasteiger partial charge >= 0.3 is 0 Å². The molecule has 0 amide bonds. The summed E-state index contributed by atoms with van der Waals surface area (Å²) in [6, 6.07) is 53.1. The van der Waals surface area contributed by atoms with Gasteiger partial charge in [0.1, 0.15) is 11.9 Å². The quantitative estimate of drug-likeness (QED) is 0.198. The first-order chi connectivity index (χ1) is 23.8. The zero-order chi connectivity index (χ0) is 31.6. The molecule has 0 saturated heterocycles. The van der Waals surface area contributed by atoms with Crippen molar-refractivity contribution in [3.05, 3.63) is 175 Å². The van der Waals surface area contributed by atoms with E-state index in [1.807, 2.05) is 12.1 Å². The molecule has 0 spiro atoms. The van der Waals surface area contributed by atoms with Crippen LogP contribution in [-0.4, -0.2) is 14.5 Å². The number of benzene rings is 6. The van der Waals surface area contributed by atoms with Crippen LogP contribution in [0.5, 0.6) is 5.75 Å². The summed E-state index contributed by atoms with van der Waals surface area (Å²) in [4.78, 5) is 10.2. The highest BCUT2D eigenvalue weighted by atomic mass is 16.5. The fourth-order valence-electron chi connectivity index (χ4n) is 7.52. The molecule has 4 heteroatoms. The van der Waals surface area contributed by atoms with Crippen LogP contribution in [0.3, 0.4) is 0 Å². The Morgan fingerprint density at radius 1 is 0.542 bits per heavy atom. The summed E-state index contributed by atoms with van der Waals surface area (Å²) in [6.07, 6.45) is 4.50. The molecule has 0 saturated carbocycles. The molecule has 0 fully saturated rings. The van der Waals surface area contributed by atoms with E-state index in [2.05, 4.69) is 156 Å². The predicted octanol–water partition coefficient (Wildman–Crippen LogP) is 10.8. The zero-order valence-corrected chi connectivity index (χ0v) is 26.0. The number of nitrogens with zero attached hydrogens (tertiary/aromatic N) is 3. The van der Waals surface area contributed by atoms with Gasteiger partial charge < -0.3 is 9.30 Å². The number of hydrogen-bond acceptors (Lipinski definition) is 3. The van der Waals surface area contributed by atoms with Crippen molar-refractivity contribution < 1.29 is 4.74 Å². The van der Waals surface area contributed by atoms with Gasteiger partial charge in [-0.3, -0.25) is 0 Å². The Balaban J connectivity index is 1.07. The van der Waals surface area contributed by atoms with E-state index in [9.17, 15) is 0 Å². The van der Waals surface area contributed by atoms with Gasteiger partial charge in [-0.2, -0.15) is 0 Å². The molecule has 1 aliphatic carbocycles. The maximum atomic E-state index is 6.66. The van der Waals surface area contributed by atoms with Gasteiger partial charge in [0.2, 0.25) is 0 Å². The monoisotopic (exact) mass is 615 g/mol. The Labute approximate surface area is 278 Å². The highest BCUT2D eigenvalue weighted by molar-refractivity contribution is 5.95. The van der Waals surface area contributed by atoms with Crippen LogP contribution in [0.2, 0.25) is 0 Å². The lowest BCUT2D eigenvalue weighted by Gasteiger charge is -2.24. The second kappa shape index (κ2) is 10.6. The first-order valence-corrected chi connectivity index (χ1v) is 16.4.